The highest BCUT2D eigenvalue weighted by atomic mass is 35.5. The van der Waals surface area contributed by atoms with E-state index in [1.807, 2.05) is 6.92 Å². The first-order valence-electron chi connectivity index (χ1n) is 13.8. The first kappa shape index (κ1) is 41.1. The second kappa shape index (κ2) is 31.0. The second-order valence-electron chi connectivity index (χ2n) is 9.76. The molecule has 0 saturated heterocycles. The quantitative estimate of drug-likeness (QED) is 0.116. The number of carbonyl (C=O) groups excluding carboxylic acids is 1. The first-order valence-corrected chi connectivity index (χ1v) is 13.8. The maximum Gasteiger partial charge on any atom is 0.230 e. The number of unbranched alkanes of at least 4 members (excludes halogenated alkanes) is 17. The summed E-state index contributed by atoms with van der Waals surface area (Å²) in [5.41, 5.74) is 3.91. The van der Waals surface area contributed by atoms with Crippen LogP contribution < -0.4 is 42.0 Å². The van der Waals surface area contributed by atoms with Crippen molar-refractivity contribution in [1.29, 1.82) is 0 Å². The Kier molecular flexibility index (Phi) is 37.4. The van der Waals surface area contributed by atoms with Crippen LogP contribution in [0, 0.1) is 5.92 Å². The summed E-state index contributed by atoms with van der Waals surface area (Å²) in [5, 5.41) is 12.8. The van der Waals surface area contributed by atoms with Crippen molar-refractivity contribution in [2.45, 2.75) is 161 Å². The van der Waals surface area contributed by atoms with E-state index in [-0.39, 0.29) is 49.0 Å². The Morgan fingerprint density at radius 2 is 1.03 bits per heavy atom. The molecule has 0 aliphatic heterocycles. The van der Waals surface area contributed by atoms with E-state index in [2.05, 4.69) is 18.0 Å². The molecule has 0 aliphatic rings. The molecule has 7 heteroatoms. The Balaban J connectivity index is -0.00000150. The van der Waals surface area contributed by atoms with Gasteiger partial charge in [0.1, 0.15) is 0 Å². The summed E-state index contributed by atoms with van der Waals surface area (Å²) in [4.78, 5) is 12.3. The zero-order valence-corrected chi connectivity index (χ0v) is 24.7. The fraction of sp³-hybridized carbons (Fsp3) is 0.963. The van der Waals surface area contributed by atoms with Gasteiger partial charge in [0.25, 0.3) is 0 Å². The molecule has 0 rings (SSSR count). The average Bonchev–Trinajstić information content (AvgIpc) is 2.74. The predicted molar refractivity (Wildman–Crippen MR) is 140 cm³/mol. The van der Waals surface area contributed by atoms with E-state index in [0.29, 0.717) is 0 Å². The lowest BCUT2D eigenvalue weighted by atomic mass is 9.94. The lowest BCUT2D eigenvalue weighted by molar-refractivity contribution is -0.426. The van der Waals surface area contributed by atoms with Gasteiger partial charge in [0.2, 0.25) is 5.91 Å². The summed E-state index contributed by atoms with van der Waals surface area (Å²) < 4.78 is 0. The van der Waals surface area contributed by atoms with Gasteiger partial charge in [0.05, 0.1) is 12.0 Å². The van der Waals surface area contributed by atoms with Crippen LogP contribution in [0.2, 0.25) is 0 Å². The molecular weight excluding hydrogens is 469 g/mol. The fourth-order valence-corrected chi connectivity index (χ4v) is 4.27. The lowest BCUT2D eigenvalue weighted by Gasteiger charge is -2.20. The Morgan fingerprint density at radius 3 is 1.32 bits per heavy atom. The van der Waals surface area contributed by atoms with Crippen LogP contribution in [0.1, 0.15) is 149 Å². The summed E-state index contributed by atoms with van der Waals surface area (Å²) in [6, 6.07) is 0. The van der Waals surface area contributed by atoms with Crippen LogP contribution in [0.15, 0.2) is 0 Å². The molecule has 1 amide bonds. The van der Waals surface area contributed by atoms with Gasteiger partial charge in [-0.1, -0.05) is 129 Å². The van der Waals surface area contributed by atoms with Crippen LogP contribution in [0.25, 0.3) is 0 Å². The Morgan fingerprint density at radius 1 is 0.706 bits per heavy atom. The van der Waals surface area contributed by atoms with Gasteiger partial charge in [-0.3, -0.25) is 4.79 Å². The molecule has 5 nitrogen and oxygen atoms in total. The molecule has 0 bridgehead atoms. The standard InChI is InChI=1S/C27H56N2O2.2ClH.H3N/c1-4-6-7-8-9-10-11-12-13-14-15-16-17-18-19-20-21-22-23-25(24(3)30)27(31)29-26(28)5-2;;;/h24-26,30H,4-23,28H2,1-3H3,(H,29,31);2*1H;1H3. The minimum Gasteiger partial charge on any atom is -1.00 e. The van der Waals surface area contributed by atoms with Gasteiger partial charge in [-0.25, -0.2) is 0 Å². The molecule has 9 N–H and O–H groups in total. The van der Waals surface area contributed by atoms with E-state index in [0.717, 1.165) is 25.7 Å². The molecule has 3 atom stereocenters. The van der Waals surface area contributed by atoms with E-state index in [1.165, 1.54) is 103 Å². The number of aliphatic hydroxyl groups excluding tert-OH is 1. The molecule has 0 fully saturated rings. The Hall–Kier alpha value is -0.0700. The number of aliphatic hydroxyl groups is 1. The number of hydrogen-bond acceptors (Lipinski definition) is 2. The topological polar surface area (TPSA) is 113 Å². The molecule has 0 aromatic rings. The van der Waals surface area contributed by atoms with Gasteiger partial charge >= 0.3 is 0 Å². The van der Waals surface area contributed by atoms with E-state index >= 15 is 0 Å². The Bertz CT molecular complexity index is 402. The van der Waals surface area contributed by atoms with Crippen LogP contribution in [0.3, 0.4) is 0 Å². The van der Waals surface area contributed by atoms with Gasteiger partial charge in [-0.05, 0) is 13.3 Å². The molecule has 34 heavy (non-hydrogen) atoms. The summed E-state index contributed by atoms with van der Waals surface area (Å²) in [6.07, 6.45) is 25.5. The van der Waals surface area contributed by atoms with Gasteiger partial charge in [0.15, 0.2) is 6.17 Å². The van der Waals surface area contributed by atoms with E-state index < -0.39 is 6.10 Å². The zero-order chi connectivity index (χ0) is 23.2. The van der Waals surface area contributed by atoms with Gasteiger partial charge < -0.3 is 47.1 Å². The minimum absolute atomic E-state index is 0. The van der Waals surface area contributed by atoms with Crippen molar-refractivity contribution in [2.75, 3.05) is 0 Å². The summed E-state index contributed by atoms with van der Waals surface area (Å²) in [5.74, 6) is -0.333. The van der Waals surface area contributed by atoms with Crippen LogP contribution >= 0.6 is 0 Å². The number of nitrogens with one attached hydrogen (secondary N) is 1. The zero-order valence-electron chi connectivity index (χ0n) is 23.2. The van der Waals surface area contributed by atoms with E-state index in [1.54, 1.807) is 6.92 Å². The summed E-state index contributed by atoms with van der Waals surface area (Å²) in [6.45, 7) is 6.02. The number of halogens is 2. The van der Waals surface area contributed by atoms with Crippen LogP contribution in [-0.2, 0) is 4.79 Å². The average molecular weight is 531 g/mol. The lowest BCUT2D eigenvalue weighted by Crippen LogP contribution is -3.00. The maximum atomic E-state index is 12.3. The highest BCUT2D eigenvalue weighted by Gasteiger charge is 2.24. The van der Waals surface area contributed by atoms with Gasteiger partial charge in [-0.15, -0.1) is 0 Å². The number of amides is 1. The third kappa shape index (κ3) is 26.5. The number of carbonyl (C=O) groups is 1. The first-order chi connectivity index (χ1) is 15.0. The molecule has 210 valence electrons. The van der Waals surface area contributed by atoms with Crippen molar-refractivity contribution in [2.24, 2.45) is 5.92 Å². The second-order valence-corrected chi connectivity index (χ2v) is 9.76. The maximum absolute atomic E-state index is 12.3. The van der Waals surface area contributed by atoms with Crippen LogP contribution in [-0.4, -0.2) is 23.3 Å². The number of quaternary nitrogens is 2. The van der Waals surface area contributed by atoms with Crippen molar-refractivity contribution in [3.63, 3.8) is 0 Å². The molecule has 3 unspecified atom stereocenters. The highest BCUT2D eigenvalue weighted by Crippen LogP contribution is 2.17. The monoisotopic (exact) mass is 529 g/mol. The predicted octanol–water partition coefficient (Wildman–Crippen LogP) is 0.894. The van der Waals surface area contributed by atoms with E-state index in [9.17, 15) is 9.90 Å². The molecule has 0 radical (unpaired) electrons. The third-order valence-corrected chi connectivity index (χ3v) is 6.63. The Labute approximate surface area is 225 Å². The molecule has 0 spiro atoms. The molecule has 0 aromatic carbocycles. The normalized spacial score (nSPS) is 13.1. The van der Waals surface area contributed by atoms with Crippen LogP contribution in [0.4, 0.5) is 0 Å². The van der Waals surface area contributed by atoms with Gasteiger partial charge in [-0.2, -0.15) is 0 Å². The molecular formula is C27H61Cl2N3O2. The van der Waals surface area contributed by atoms with Crippen molar-refractivity contribution in [1.82, 2.24) is 11.5 Å². The fourth-order valence-electron chi connectivity index (χ4n) is 4.27. The molecule has 0 heterocycles. The van der Waals surface area contributed by atoms with Crippen molar-refractivity contribution in [3.05, 3.63) is 0 Å². The number of hydrogen-bond donors (Lipinski definition) is 4. The SMILES string of the molecule is CCCCCCCCCCCCCCCCCCCCC(C(=O)NC([NH3+])CC)C(C)O.[Cl-].[Cl-].[NH4+]. The summed E-state index contributed by atoms with van der Waals surface area (Å²) in [7, 11) is 0. The third-order valence-electron chi connectivity index (χ3n) is 6.63. The number of rotatable bonds is 23. The van der Waals surface area contributed by atoms with Crippen molar-refractivity contribution >= 4 is 5.91 Å². The van der Waals surface area contributed by atoms with Gasteiger partial charge in [0, 0.05) is 6.42 Å². The largest absolute Gasteiger partial charge is 1.00 e. The smallest absolute Gasteiger partial charge is 0.230 e. The highest BCUT2D eigenvalue weighted by molar-refractivity contribution is 5.79. The van der Waals surface area contributed by atoms with Crippen LogP contribution in [0.5, 0.6) is 0 Å². The summed E-state index contributed by atoms with van der Waals surface area (Å²) >= 11 is 0. The van der Waals surface area contributed by atoms with Crippen molar-refractivity contribution < 1.29 is 40.4 Å². The minimum atomic E-state index is -0.588. The van der Waals surface area contributed by atoms with Crippen molar-refractivity contribution in [3.8, 4) is 0 Å². The van der Waals surface area contributed by atoms with E-state index in [4.69, 9.17) is 0 Å². The molecule has 0 saturated carbocycles. The molecule has 0 aliphatic carbocycles. The molecule has 0 aromatic heterocycles.